The summed E-state index contributed by atoms with van der Waals surface area (Å²) in [5.41, 5.74) is 3.72. The van der Waals surface area contributed by atoms with E-state index in [2.05, 4.69) is 0 Å². The van der Waals surface area contributed by atoms with Gasteiger partial charge < -0.3 is 14.9 Å². The summed E-state index contributed by atoms with van der Waals surface area (Å²) in [6.45, 7) is 0. The Kier molecular flexibility index (Phi) is 6.22. The van der Waals surface area contributed by atoms with Gasteiger partial charge in [-0.05, 0) is 41.0 Å². The SMILES string of the molecule is COc1cc(C(=CCc2ccccc2)C(=O)O)c2cccc(Cc3ccccc3)c2c1O. The number of carboxylic acid groups (broad SMARTS) is 1. The van der Waals surface area contributed by atoms with Gasteiger partial charge in [-0.15, -0.1) is 0 Å². The molecule has 0 radical (unpaired) electrons. The molecule has 0 atom stereocenters. The van der Waals surface area contributed by atoms with E-state index < -0.39 is 5.97 Å². The molecule has 0 aliphatic heterocycles. The first-order chi connectivity index (χ1) is 15.6. The van der Waals surface area contributed by atoms with Crippen LogP contribution >= 0.6 is 0 Å². The second-order valence-electron chi connectivity index (χ2n) is 7.59. The Balaban J connectivity index is 1.89. The van der Waals surface area contributed by atoms with Crippen molar-refractivity contribution in [3.8, 4) is 11.5 Å². The van der Waals surface area contributed by atoms with E-state index in [0.717, 1.165) is 16.7 Å². The van der Waals surface area contributed by atoms with E-state index in [1.807, 2.05) is 78.9 Å². The molecule has 0 bridgehead atoms. The molecule has 4 rings (SSSR count). The molecule has 0 saturated heterocycles. The summed E-state index contributed by atoms with van der Waals surface area (Å²) in [7, 11) is 1.47. The van der Waals surface area contributed by atoms with Crippen LogP contribution in [-0.2, 0) is 17.6 Å². The molecule has 0 saturated carbocycles. The molecule has 4 aromatic carbocycles. The molecule has 4 nitrogen and oxygen atoms in total. The summed E-state index contributed by atoms with van der Waals surface area (Å²) in [5.74, 6) is -0.756. The quantitative estimate of drug-likeness (QED) is 0.365. The van der Waals surface area contributed by atoms with Crippen molar-refractivity contribution in [3.05, 3.63) is 113 Å². The highest BCUT2D eigenvalue weighted by molar-refractivity contribution is 6.20. The maximum Gasteiger partial charge on any atom is 0.336 e. The van der Waals surface area contributed by atoms with Crippen LogP contribution in [0.5, 0.6) is 11.5 Å². The molecule has 160 valence electrons. The standard InChI is InChI=1S/C28H24O4/c1-32-25-18-24(23(28(30)31)16-15-19-9-4-2-5-10-19)22-14-8-13-21(26(22)27(25)29)17-20-11-6-3-7-12-20/h2-14,16,18,29H,15,17H2,1H3,(H,30,31). The van der Waals surface area contributed by atoms with E-state index in [0.29, 0.717) is 29.2 Å². The zero-order chi connectivity index (χ0) is 22.5. The van der Waals surface area contributed by atoms with Crippen molar-refractivity contribution in [2.24, 2.45) is 0 Å². The maximum absolute atomic E-state index is 12.3. The number of aliphatic carboxylic acids is 1. The number of fused-ring (bicyclic) bond motifs is 1. The summed E-state index contributed by atoms with van der Waals surface area (Å²) in [6.07, 6.45) is 2.80. The number of benzene rings is 4. The predicted molar refractivity (Wildman–Crippen MR) is 127 cm³/mol. The number of carbonyl (C=O) groups is 1. The molecule has 0 aliphatic rings. The van der Waals surface area contributed by atoms with E-state index in [9.17, 15) is 15.0 Å². The van der Waals surface area contributed by atoms with Crippen molar-refractivity contribution in [2.45, 2.75) is 12.8 Å². The van der Waals surface area contributed by atoms with Crippen LogP contribution in [-0.4, -0.2) is 23.3 Å². The van der Waals surface area contributed by atoms with Crippen molar-refractivity contribution in [1.82, 2.24) is 0 Å². The number of phenols is 1. The van der Waals surface area contributed by atoms with Gasteiger partial charge in [-0.25, -0.2) is 4.79 Å². The van der Waals surface area contributed by atoms with Crippen LogP contribution in [0.2, 0.25) is 0 Å². The normalized spacial score (nSPS) is 11.5. The number of phenolic OH excluding ortho intramolecular Hbond substituents is 1. The number of allylic oxidation sites excluding steroid dienone is 1. The average Bonchev–Trinajstić information content (AvgIpc) is 2.81. The molecule has 0 aromatic heterocycles. The Morgan fingerprint density at radius 2 is 1.56 bits per heavy atom. The highest BCUT2D eigenvalue weighted by atomic mass is 16.5. The smallest absolute Gasteiger partial charge is 0.336 e. The third-order valence-electron chi connectivity index (χ3n) is 5.55. The minimum atomic E-state index is -1.02. The lowest BCUT2D eigenvalue weighted by molar-refractivity contribution is -0.130. The number of rotatable bonds is 7. The van der Waals surface area contributed by atoms with Crippen LogP contribution in [0.25, 0.3) is 16.3 Å². The number of hydrogen-bond acceptors (Lipinski definition) is 3. The molecule has 4 heteroatoms. The molecule has 0 unspecified atom stereocenters. The third kappa shape index (κ3) is 4.35. The maximum atomic E-state index is 12.3. The third-order valence-corrected chi connectivity index (χ3v) is 5.55. The zero-order valence-electron chi connectivity index (χ0n) is 17.8. The second-order valence-corrected chi connectivity index (χ2v) is 7.59. The number of hydrogen-bond donors (Lipinski definition) is 2. The fourth-order valence-electron chi connectivity index (χ4n) is 3.99. The minimum absolute atomic E-state index is 0.0191. The van der Waals surface area contributed by atoms with Gasteiger partial charge >= 0.3 is 5.97 Å². The van der Waals surface area contributed by atoms with E-state index >= 15 is 0 Å². The fourth-order valence-corrected chi connectivity index (χ4v) is 3.99. The zero-order valence-corrected chi connectivity index (χ0v) is 17.8. The molecular formula is C28H24O4. The molecule has 2 N–H and O–H groups in total. The average molecular weight is 424 g/mol. The first kappa shape index (κ1) is 21.2. The van der Waals surface area contributed by atoms with Crippen LogP contribution in [0.4, 0.5) is 0 Å². The van der Waals surface area contributed by atoms with Gasteiger partial charge in [0, 0.05) is 10.9 Å². The Bertz CT molecular complexity index is 1280. The summed E-state index contributed by atoms with van der Waals surface area (Å²) in [5, 5.41) is 22.3. The Morgan fingerprint density at radius 3 is 2.19 bits per heavy atom. The second kappa shape index (κ2) is 9.40. The molecule has 0 amide bonds. The Morgan fingerprint density at radius 1 is 0.906 bits per heavy atom. The van der Waals surface area contributed by atoms with Crippen LogP contribution in [0.15, 0.2) is 91.0 Å². The lowest BCUT2D eigenvalue weighted by Crippen LogP contribution is -2.03. The highest BCUT2D eigenvalue weighted by Crippen LogP contribution is 2.41. The van der Waals surface area contributed by atoms with Crippen molar-refractivity contribution < 1.29 is 19.7 Å². The molecular weight excluding hydrogens is 400 g/mol. The molecule has 4 aromatic rings. The first-order valence-corrected chi connectivity index (χ1v) is 10.4. The van der Waals surface area contributed by atoms with Gasteiger partial charge in [0.15, 0.2) is 11.5 Å². The monoisotopic (exact) mass is 424 g/mol. The molecule has 32 heavy (non-hydrogen) atoms. The van der Waals surface area contributed by atoms with Crippen molar-refractivity contribution >= 4 is 22.3 Å². The van der Waals surface area contributed by atoms with Gasteiger partial charge in [0.1, 0.15) is 0 Å². The molecule has 0 fully saturated rings. The first-order valence-electron chi connectivity index (χ1n) is 10.4. The Labute approximate surface area is 187 Å². The summed E-state index contributed by atoms with van der Waals surface area (Å²) in [4.78, 5) is 12.3. The van der Waals surface area contributed by atoms with E-state index in [1.165, 1.54) is 7.11 Å². The number of carboxylic acids is 1. The van der Waals surface area contributed by atoms with Crippen LogP contribution < -0.4 is 4.74 Å². The molecule has 0 spiro atoms. The van der Waals surface area contributed by atoms with Crippen LogP contribution in [0, 0.1) is 0 Å². The van der Waals surface area contributed by atoms with Crippen LogP contribution in [0.3, 0.4) is 0 Å². The van der Waals surface area contributed by atoms with Crippen LogP contribution in [0.1, 0.15) is 22.3 Å². The molecule has 0 aliphatic carbocycles. The number of ether oxygens (including phenoxy) is 1. The van der Waals surface area contributed by atoms with E-state index in [1.54, 1.807) is 12.1 Å². The number of aromatic hydroxyl groups is 1. The lowest BCUT2D eigenvalue weighted by Gasteiger charge is -2.16. The summed E-state index contributed by atoms with van der Waals surface area (Å²) < 4.78 is 5.42. The van der Waals surface area contributed by atoms with E-state index in [-0.39, 0.29) is 17.1 Å². The Hall–Kier alpha value is -4.05. The predicted octanol–water partition coefficient (Wildman–Crippen LogP) is 5.86. The topological polar surface area (TPSA) is 66.8 Å². The van der Waals surface area contributed by atoms with Gasteiger partial charge in [0.05, 0.1) is 12.7 Å². The summed E-state index contributed by atoms with van der Waals surface area (Å²) in [6, 6.07) is 27.0. The summed E-state index contributed by atoms with van der Waals surface area (Å²) >= 11 is 0. The van der Waals surface area contributed by atoms with Crippen molar-refractivity contribution in [1.29, 1.82) is 0 Å². The minimum Gasteiger partial charge on any atom is -0.504 e. The van der Waals surface area contributed by atoms with Crippen molar-refractivity contribution in [3.63, 3.8) is 0 Å². The number of methoxy groups -OCH3 is 1. The van der Waals surface area contributed by atoms with Gasteiger partial charge in [-0.2, -0.15) is 0 Å². The van der Waals surface area contributed by atoms with Gasteiger partial charge in [0.25, 0.3) is 0 Å². The van der Waals surface area contributed by atoms with E-state index in [4.69, 9.17) is 4.74 Å². The molecule has 0 heterocycles. The lowest BCUT2D eigenvalue weighted by atomic mass is 9.91. The fraction of sp³-hybridized carbons (Fsp3) is 0.107. The van der Waals surface area contributed by atoms with Gasteiger partial charge in [0.2, 0.25) is 0 Å². The largest absolute Gasteiger partial charge is 0.504 e. The van der Waals surface area contributed by atoms with Crippen molar-refractivity contribution in [2.75, 3.05) is 7.11 Å². The highest BCUT2D eigenvalue weighted by Gasteiger charge is 2.20. The van der Waals surface area contributed by atoms with Gasteiger partial charge in [-0.1, -0.05) is 84.9 Å². The van der Waals surface area contributed by atoms with Gasteiger partial charge in [-0.3, -0.25) is 0 Å².